The molecule has 33 heavy (non-hydrogen) atoms. The molecule has 5 heteroatoms. The third-order valence-electron chi connectivity index (χ3n) is 7.85. The summed E-state index contributed by atoms with van der Waals surface area (Å²) < 4.78 is 0. The number of rotatable bonds is 4. The second-order valence-electron chi connectivity index (χ2n) is 9.80. The van der Waals surface area contributed by atoms with Gasteiger partial charge in [-0.3, -0.25) is 9.69 Å². The van der Waals surface area contributed by atoms with Crippen molar-refractivity contribution in [3.63, 3.8) is 0 Å². The molecule has 3 aliphatic rings. The highest BCUT2D eigenvalue weighted by Gasteiger charge is 2.37. The first-order chi connectivity index (χ1) is 16.3. The first-order valence-electron chi connectivity index (χ1n) is 12.5. The second kappa shape index (κ2) is 8.79. The third-order valence-corrected chi connectivity index (χ3v) is 7.85. The van der Waals surface area contributed by atoms with Crippen molar-refractivity contribution in [2.24, 2.45) is 5.92 Å². The Hall–Kier alpha value is -2.92. The van der Waals surface area contributed by atoms with E-state index in [1.54, 1.807) is 0 Å². The Bertz CT molecular complexity index is 1140. The summed E-state index contributed by atoms with van der Waals surface area (Å²) in [6, 6.07) is 19.4. The zero-order chi connectivity index (χ0) is 22.2. The van der Waals surface area contributed by atoms with Gasteiger partial charge in [0, 0.05) is 62.0 Å². The van der Waals surface area contributed by atoms with Crippen LogP contribution < -0.4 is 9.80 Å². The number of para-hydroxylation sites is 1. The molecule has 5 nitrogen and oxygen atoms in total. The minimum Gasteiger partial charge on any atom is -0.354 e. The predicted octanol–water partition coefficient (Wildman–Crippen LogP) is 4.50. The van der Waals surface area contributed by atoms with E-state index in [9.17, 15) is 4.79 Å². The standard InChI is InChI=1S/C28H32N4O/c33-28(23-8-5-9-23)32-24(13-12-22-7-2-4-11-26(22)32)20-30-16-18-31(19-17-30)27-25-10-3-1-6-21(25)14-15-29-27/h1-4,6-7,10-11,14-15,23-24H,5,8-9,12-13,16-20H2. The fourth-order valence-corrected chi connectivity index (χ4v) is 5.72. The maximum atomic E-state index is 13.4. The molecule has 0 N–H and O–H groups in total. The zero-order valence-electron chi connectivity index (χ0n) is 19.2. The molecule has 1 aliphatic carbocycles. The van der Waals surface area contributed by atoms with E-state index < -0.39 is 0 Å². The largest absolute Gasteiger partial charge is 0.354 e. The number of piperazine rings is 1. The van der Waals surface area contributed by atoms with E-state index in [-0.39, 0.29) is 12.0 Å². The van der Waals surface area contributed by atoms with Crippen LogP contribution in [0.1, 0.15) is 31.2 Å². The Kier molecular flexibility index (Phi) is 5.50. The molecule has 0 spiro atoms. The molecular weight excluding hydrogens is 408 g/mol. The molecule has 1 saturated carbocycles. The number of hydrogen-bond acceptors (Lipinski definition) is 4. The number of nitrogens with zero attached hydrogens (tertiary/aromatic N) is 4. The van der Waals surface area contributed by atoms with Gasteiger partial charge >= 0.3 is 0 Å². The highest BCUT2D eigenvalue weighted by molar-refractivity contribution is 5.97. The molecule has 3 heterocycles. The quantitative estimate of drug-likeness (QED) is 0.599. The van der Waals surface area contributed by atoms with Gasteiger partial charge in [0.1, 0.15) is 5.82 Å². The number of aryl methyl sites for hydroxylation is 1. The lowest BCUT2D eigenvalue weighted by atomic mass is 9.82. The number of anilines is 2. The molecule has 2 fully saturated rings. The number of pyridine rings is 1. The third kappa shape index (κ3) is 3.89. The number of fused-ring (bicyclic) bond motifs is 2. The van der Waals surface area contributed by atoms with Gasteiger partial charge in [-0.1, -0.05) is 48.9 Å². The van der Waals surface area contributed by atoms with Crippen LogP contribution in [0.25, 0.3) is 10.8 Å². The Labute approximate surface area is 196 Å². The Morgan fingerprint density at radius 3 is 2.52 bits per heavy atom. The molecule has 1 saturated heterocycles. The van der Waals surface area contributed by atoms with Gasteiger partial charge in [-0.25, -0.2) is 4.98 Å². The molecule has 1 unspecified atom stereocenters. The van der Waals surface area contributed by atoms with Gasteiger partial charge in [0.05, 0.1) is 0 Å². The Balaban J connectivity index is 1.17. The van der Waals surface area contributed by atoms with Crippen molar-refractivity contribution in [3.05, 3.63) is 66.4 Å². The van der Waals surface area contributed by atoms with Crippen LogP contribution >= 0.6 is 0 Å². The van der Waals surface area contributed by atoms with Crippen molar-refractivity contribution in [3.8, 4) is 0 Å². The predicted molar refractivity (Wildman–Crippen MR) is 134 cm³/mol. The highest BCUT2D eigenvalue weighted by Crippen LogP contribution is 2.36. The fraction of sp³-hybridized carbons (Fsp3) is 0.429. The van der Waals surface area contributed by atoms with Crippen molar-refractivity contribution in [2.75, 3.05) is 42.5 Å². The molecule has 3 aromatic rings. The molecule has 2 aliphatic heterocycles. The van der Waals surface area contributed by atoms with Crippen molar-refractivity contribution < 1.29 is 4.79 Å². The fourth-order valence-electron chi connectivity index (χ4n) is 5.72. The van der Waals surface area contributed by atoms with E-state index in [2.05, 4.69) is 69.3 Å². The van der Waals surface area contributed by atoms with E-state index in [1.807, 2.05) is 6.20 Å². The maximum Gasteiger partial charge on any atom is 0.230 e. The summed E-state index contributed by atoms with van der Waals surface area (Å²) >= 11 is 0. The summed E-state index contributed by atoms with van der Waals surface area (Å²) in [7, 11) is 0. The molecule has 1 atom stereocenters. The minimum atomic E-state index is 0.230. The summed E-state index contributed by atoms with van der Waals surface area (Å²) in [6.45, 7) is 4.92. The zero-order valence-corrected chi connectivity index (χ0v) is 19.2. The van der Waals surface area contributed by atoms with Gasteiger partial charge in [0.25, 0.3) is 0 Å². The van der Waals surface area contributed by atoms with Gasteiger partial charge in [-0.2, -0.15) is 0 Å². The molecule has 2 aromatic carbocycles. The number of aromatic nitrogens is 1. The van der Waals surface area contributed by atoms with E-state index in [4.69, 9.17) is 4.98 Å². The van der Waals surface area contributed by atoms with Crippen molar-refractivity contribution in [2.45, 2.75) is 38.1 Å². The van der Waals surface area contributed by atoms with Crippen LogP contribution in [0, 0.1) is 5.92 Å². The number of amides is 1. The average molecular weight is 441 g/mol. The Morgan fingerprint density at radius 1 is 0.909 bits per heavy atom. The van der Waals surface area contributed by atoms with Gasteiger partial charge in [0.2, 0.25) is 5.91 Å². The molecule has 0 radical (unpaired) electrons. The minimum absolute atomic E-state index is 0.230. The second-order valence-corrected chi connectivity index (χ2v) is 9.80. The van der Waals surface area contributed by atoms with Crippen LogP contribution in [0.15, 0.2) is 60.8 Å². The first-order valence-corrected chi connectivity index (χ1v) is 12.5. The normalized spacial score (nSPS) is 21.6. The van der Waals surface area contributed by atoms with E-state index in [0.717, 1.165) is 69.9 Å². The average Bonchev–Trinajstić information content (AvgIpc) is 2.83. The van der Waals surface area contributed by atoms with Crippen LogP contribution in [-0.2, 0) is 11.2 Å². The van der Waals surface area contributed by atoms with Crippen LogP contribution in [0.3, 0.4) is 0 Å². The topological polar surface area (TPSA) is 39.7 Å². The number of hydrogen-bond donors (Lipinski definition) is 0. The summed E-state index contributed by atoms with van der Waals surface area (Å²) in [4.78, 5) is 25.3. The Morgan fingerprint density at radius 2 is 1.70 bits per heavy atom. The smallest absolute Gasteiger partial charge is 0.230 e. The lowest BCUT2D eigenvalue weighted by molar-refractivity contribution is -0.125. The monoisotopic (exact) mass is 440 g/mol. The number of benzene rings is 2. The SMILES string of the molecule is O=C(C1CCC1)N1c2ccccc2CCC1CN1CCN(c2nccc3ccccc23)CC1. The van der Waals surface area contributed by atoms with Crippen molar-refractivity contribution in [1.29, 1.82) is 0 Å². The molecule has 0 bridgehead atoms. The molecule has 1 amide bonds. The maximum absolute atomic E-state index is 13.4. The summed E-state index contributed by atoms with van der Waals surface area (Å²) in [5, 5.41) is 2.48. The molecular formula is C28H32N4O. The van der Waals surface area contributed by atoms with Gasteiger partial charge in [-0.05, 0) is 48.8 Å². The van der Waals surface area contributed by atoms with E-state index in [1.165, 1.54) is 22.8 Å². The van der Waals surface area contributed by atoms with Crippen LogP contribution in [0.2, 0.25) is 0 Å². The lowest BCUT2D eigenvalue weighted by Crippen LogP contribution is -2.55. The molecule has 6 rings (SSSR count). The summed E-state index contributed by atoms with van der Waals surface area (Å²) in [6.07, 6.45) is 7.35. The van der Waals surface area contributed by atoms with Crippen LogP contribution in [-0.4, -0.2) is 54.6 Å². The van der Waals surface area contributed by atoms with E-state index in [0.29, 0.717) is 5.91 Å². The first kappa shape index (κ1) is 20.7. The molecule has 170 valence electrons. The highest BCUT2D eigenvalue weighted by atomic mass is 16.2. The number of carbonyl (C=O) groups excluding carboxylic acids is 1. The lowest BCUT2D eigenvalue weighted by Gasteiger charge is -2.44. The van der Waals surface area contributed by atoms with Gasteiger partial charge in [0.15, 0.2) is 0 Å². The van der Waals surface area contributed by atoms with Gasteiger partial charge in [-0.15, -0.1) is 0 Å². The molecule has 1 aromatic heterocycles. The van der Waals surface area contributed by atoms with Crippen LogP contribution in [0.4, 0.5) is 11.5 Å². The van der Waals surface area contributed by atoms with E-state index >= 15 is 0 Å². The number of carbonyl (C=O) groups is 1. The summed E-state index contributed by atoms with van der Waals surface area (Å²) in [5.41, 5.74) is 2.48. The van der Waals surface area contributed by atoms with Crippen molar-refractivity contribution >= 4 is 28.2 Å². The summed E-state index contributed by atoms with van der Waals surface area (Å²) in [5.74, 6) is 1.69. The van der Waals surface area contributed by atoms with Crippen molar-refractivity contribution in [1.82, 2.24) is 9.88 Å². The van der Waals surface area contributed by atoms with Gasteiger partial charge < -0.3 is 9.80 Å². The van der Waals surface area contributed by atoms with Crippen LogP contribution in [0.5, 0.6) is 0 Å².